The molecule has 0 N–H and O–H groups in total. The van der Waals surface area contributed by atoms with E-state index in [1.807, 2.05) is 0 Å². The van der Waals surface area contributed by atoms with Crippen LogP contribution < -0.4 is 0 Å². The number of rotatable bonds is 5. The van der Waals surface area contributed by atoms with Crippen molar-refractivity contribution in [2.24, 2.45) is 11.3 Å². The predicted molar refractivity (Wildman–Crippen MR) is 57.1 cm³/mol. The molecule has 1 atom stereocenters. The number of hydrogen-bond acceptors (Lipinski definition) is 0. The normalized spacial score (nSPS) is 15.2. The smallest absolute Gasteiger partial charge is 0.0300 e. The second kappa shape index (κ2) is 4.89. The van der Waals surface area contributed by atoms with Gasteiger partial charge in [-0.2, -0.15) is 0 Å². The standard InChI is InChI=1S/C12H25/c1-7-12(5,6)9-11(4)8-10(2)3/h11H,7-9H2,1-6H3. The molecule has 0 fully saturated rings. The predicted octanol–water partition coefficient (Wildman–Crippen LogP) is 4.45. The van der Waals surface area contributed by atoms with Crippen LogP contribution in [-0.4, -0.2) is 0 Å². The Morgan fingerprint density at radius 1 is 1.25 bits per heavy atom. The topological polar surface area (TPSA) is 0 Å². The van der Waals surface area contributed by atoms with E-state index in [2.05, 4.69) is 41.5 Å². The van der Waals surface area contributed by atoms with Crippen molar-refractivity contribution in [1.29, 1.82) is 0 Å². The van der Waals surface area contributed by atoms with Crippen LogP contribution in [0.1, 0.15) is 60.8 Å². The van der Waals surface area contributed by atoms with Crippen molar-refractivity contribution < 1.29 is 0 Å². The minimum Gasteiger partial charge on any atom is -0.0649 e. The van der Waals surface area contributed by atoms with Crippen LogP contribution in [0.25, 0.3) is 0 Å². The van der Waals surface area contributed by atoms with Gasteiger partial charge in [0.05, 0.1) is 0 Å². The van der Waals surface area contributed by atoms with Crippen LogP contribution in [0.4, 0.5) is 0 Å². The molecule has 12 heavy (non-hydrogen) atoms. The van der Waals surface area contributed by atoms with Gasteiger partial charge in [-0.25, -0.2) is 0 Å². The van der Waals surface area contributed by atoms with E-state index >= 15 is 0 Å². The molecule has 0 nitrogen and oxygen atoms in total. The van der Waals surface area contributed by atoms with Crippen molar-refractivity contribution in [2.75, 3.05) is 0 Å². The third kappa shape index (κ3) is 5.62. The van der Waals surface area contributed by atoms with Crippen LogP contribution >= 0.6 is 0 Å². The Morgan fingerprint density at radius 2 is 1.75 bits per heavy atom. The summed E-state index contributed by atoms with van der Waals surface area (Å²) >= 11 is 0. The molecule has 1 radical (unpaired) electrons. The van der Waals surface area contributed by atoms with E-state index in [1.54, 1.807) is 5.92 Å². The molecular weight excluding hydrogens is 144 g/mol. The molecule has 0 spiro atoms. The first-order valence-electron chi connectivity index (χ1n) is 5.16. The highest BCUT2D eigenvalue weighted by Gasteiger charge is 2.19. The van der Waals surface area contributed by atoms with Crippen molar-refractivity contribution in [3.63, 3.8) is 0 Å². The van der Waals surface area contributed by atoms with Gasteiger partial charge in [-0.1, -0.05) is 48.0 Å². The summed E-state index contributed by atoms with van der Waals surface area (Å²) in [6.07, 6.45) is 3.94. The summed E-state index contributed by atoms with van der Waals surface area (Å²) in [6, 6.07) is 0. The monoisotopic (exact) mass is 169 g/mol. The molecule has 0 saturated carbocycles. The van der Waals surface area contributed by atoms with Gasteiger partial charge in [0.15, 0.2) is 0 Å². The van der Waals surface area contributed by atoms with E-state index in [1.165, 1.54) is 19.3 Å². The van der Waals surface area contributed by atoms with Crippen molar-refractivity contribution in [3.8, 4) is 0 Å². The highest BCUT2D eigenvalue weighted by atomic mass is 14.2. The van der Waals surface area contributed by atoms with Gasteiger partial charge >= 0.3 is 0 Å². The summed E-state index contributed by atoms with van der Waals surface area (Å²) in [5.74, 6) is 2.42. The third-order valence-corrected chi connectivity index (χ3v) is 2.61. The minimum atomic E-state index is 0.537. The van der Waals surface area contributed by atoms with Gasteiger partial charge in [-0.15, -0.1) is 0 Å². The number of hydrogen-bond donors (Lipinski definition) is 0. The Hall–Kier alpha value is 0. The summed E-state index contributed by atoms with van der Waals surface area (Å²) in [5.41, 5.74) is 0.537. The minimum absolute atomic E-state index is 0.537. The lowest BCUT2D eigenvalue weighted by Gasteiger charge is -2.27. The Morgan fingerprint density at radius 3 is 2.08 bits per heavy atom. The fraction of sp³-hybridized carbons (Fsp3) is 0.917. The van der Waals surface area contributed by atoms with Crippen molar-refractivity contribution in [3.05, 3.63) is 5.92 Å². The summed E-state index contributed by atoms with van der Waals surface area (Å²) in [6.45, 7) is 13.9. The SMILES string of the molecule is CCC(C)(C)CC(C)C[C](C)C. The van der Waals surface area contributed by atoms with Crippen LogP contribution in [0.5, 0.6) is 0 Å². The summed E-state index contributed by atoms with van der Waals surface area (Å²) in [7, 11) is 0. The van der Waals surface area contributed by atoms with Gasteiger partial charge < -0.3 is 0 Å². The molecule has 0 heterocycles. The Balaban J connectivity index is 3.75. The average Bonchev–Trinajstić information content (AvgIpc) is 1.84. The lowest BCUT2D eigenvalue weighted by molar-refractivity contribution is 0.262. The van der Waals surface area contributed by atoms with Gasteiger partial charge in [0.1, 0.15) is 0 Å². The van der Waals surface area contributed by atoms with E-state index in [4.69, 9.17) is 0 Å². The van der Waals surface area contributed by atoms with Crippen LogP contribution in [-0.2, 0) is 0 Å². The van der Waals surface area contributed by atoms with Crippen LogP contribution in [0.15, 0.2) is 0 Å². The maximum Gasteiger partial charge on any atom is -0.0300 e. The molecule has 0 aromatic heterocycles. The molecule has 0 aromatic carbocycles. The summed E-state index contributed by atoms with van der Waals surface area (Å²) < 4.78 is 0. The van der Waals surface area contributed by atoms with Gasteiger partial charge in [0.25, 0.3) is 0 Å². The molecule has 0 aliphatic rings. The molecule has 0 aliphatic heterocycles. The molecule has 0 saturated heterocycles. The molecule has 0 rings (SSSR count). The lowest BCUT2D eigenvalue weighted by Crippen LogP contribution is -2.15. The summed E-state index contributed by atoms with van der Waals surface area (Å²) in [4.78, 5) is 0. The first-order valence-corrected chi connectivity index (χ1v) is 5.16. The van der Waals surface area contributed by atoms with E-state index in [-0.39, 0.29) is 0 Å². The van der Waals surface area contributed by atoms with Crippen molar-refractivity contribution in [1.82, 2.24) is 0 Å². The molecule has 0 heteroatoms. The van der Waals surface area contributed by atoms with E-state index in [0.29, 0.717) is 5.41 Å². The molecule has 0 aromatic rings. The van der Waals surface area contributed by atoms with Crippen LogP contribution in [0.2, 0.25) is 0 Å². The molecule has 1 unspecified atom stereocenters. The third-order valence-electron chi connectivity index (χ3n) is 2.61. The van der Waals surface area contributed by atoms with Crippen LogP contribution in [0.3, 0.4) is 0 Å². The highest BCUT2D eigenvalue weighted by molar-refractivity contribution is 4.81. The first-order chi connectivity index (χ1) is 5.37. The second-order valence-corrected chi connectivity index (χ2v) is 5.24. The first kappa shape index (κ1) is 12.0. The Kier molecular flexibility index (Phi) is 4.89. The zero-order valence-corrected chi connectivity index (χ0v) is 9.70. The van der Waals surface area contributed by atoms with Gasteiger partial charge in [0.2, 0.25) is 0 Å². The Bertz CT molecular complexity index is 111. The second-order valence-electron chi connectivity index (χ2n) is 5.24. The van der Waals surface area contributed by atoms with Crippen LogP contribution in [0, 0.1) is 17.3 Å². The molecule has 0 bridgehead atoms. The zero-order chi connectivity index (χ0) is 9.78. The average molecular weight is 169 g/mol. The fourth-order valence-corrected chi connectivity index (χ4v) is 1.86. The van der Waals surface area contributed by atoms with E-state index in [9.17, 15) is 0 Å². The van der Waals surface area contributed by atoms with E-state index < -0.39 is 0 Å². The Labute approximate surface area is 78.8 Å². The van der Waals surface area contributed by atoms with Gasteiger partial charge in [0, 0.05) is 0 Å². The van der Waals surface area contributed by atoms with Crippen molar-refractivity contribution in [2.45, 2.75) is 60.8 Å². The molecule has 0 amide bonds. The zero-order valence-electron chi connectivity index (χ0n) is 9.70. The fourth-order valence-electron chi connectivity index (χ4n) is 1.86. The molecule has 0 aliphatic carbocycles. The molecular formula is C12H25. The molecule has 73 valence electrons. The van der Waals surface area contributed by atoms with Gasteiger partial charge in [-0.05, 0) is 30.1 Å². The van der Waals surface area contributed by atoms with E-state index in [0.717, 1.165) is 5.92 Å². The highest BCUT2D eigenvalue weighted by Crippen LogP contribution is 2.31. The lowest BCUT2D eigenvalue weighted by atomic mass is 9.79. The largest absolute Gasteiger partial charge is 0.0649 e. The maximum atomic E-state index is 2.37. The quantitative estimate of drug-likeness (QED) is 0.570. The summed E-state index contributed by atoms with van der Waals surface area (Å²) in [5, 5.41) is 0. The van der Waals surface area contributed by atoms with Gasteiger partial charge in [-0.3, -0.25) is 0 Å². The maximum absolute atomic E-state index is 2.37. The van der Waals surface area contributed by atoms with Crippen molar-refractivity contribution >= 4 is 0 Å².